The van der Waals surface area contributed by atoms with Crippen LogP contribution >= 0.6 is 24.0 Å². The summed E-state index contributed by atoms with van der Waals surface area (Å²) in [6, 6.07) is 17.6. The van der Waals surface area contributed by atoms with Crippen molar-refractivity contribution in [3.05, 3.63) is 95.2 Å². The predicted molar refractivity (Wildman–Crippen MR) is 130 cm³/mol. The number of benzene rings is 2. The zero-order valence-electron chi connectivity index (χ0n) is 17.2. The summed E-state index contributed by atoms with van der Waals surface area (Å²) >= 11 is 0. The van der Waals surface area contributed by atoms with Crippen molar-refractivity contribution in [2.75, 3.05) is 13.6 Å². The molecule has 1 aromatic heterocycles. The molecular formula is C23H26FIN4O2. The molecule has 0 radical (unpaired) electrons. The Morgan fingerprint density at radius 1 is 0.968 bits per heavy atom. The van der Waals surface area contributed by atoms with Gasteiger partial charge in [0.25, 0.3) is 5.91 Å². The molecule has 0 fully saturated rings. The maximum Gasteiger partial charge on any atom is 0.251 e. The van der Waals surface area contributed by atoms with Gasteiger partial charge in [0.15, 0.2) is 5.96 Å². The van der Waals surface area contributed by atoms with Crippen LogP contribution in [0, 0.1) is 5.82 Å². The monoisotopic (exact) mass is 536 g/mol. The second-order valence-electron chi connectivity index (χ2n) is 6.69. The zero-order chi connectivity index (χ0) is 21.2. The van der Waals surface area contributed by atoms with E-state index < -0.39 is 0 Å². The van der Waals surface area contributed by atoms with Gasteiger partial charge in [0.05, 0.1) is 12.8 Å². The molecule has 0 unspecified atom stereocenters. The number of rotatable bonds is 8. The fourth-order valence-electron chi connectivity index (χ4n) is 2.93. The third-order valence-electron chi connectivity index (χ3n) is 4.47. The number of carbonyl (C=O) groups excluding carboxylic acids is 1. The van der Waals surface area contributed by atoms with Gasteiger partial charge in [0, 0.05) is 25.7 Å². The molecule has 164 valence electrons. The Morgan fingerprint density at radius 2 is 1.77 bits per heavy atom. The van der Waals surface area contributed by atoms with E-state index >= 15 is 0 Å². The van der Waals surface area contributed by atoms with E-state index in [2.05, 4.69) is 20.9 Å². The number of aliphatic imine (C=N–C) groups is 1. The first-order chi connectivity index (χ1) is 14.6. The van der Waals surface area contributed by atoms with Crippen molar-refractivity contribution in [1.29, 1.82) is 0 Å². The Labute approximate surface area is 198 Å². The van der Waals surface area contributed by atoms with E-state index in [1.807, 2.05) is 30.3 Å². The van der Waals surface area contributed by atoms with Crippen molar-refractivity contribution in [3.63, 3.8) is 0 Å². The van der Waals surface area contributed by atoms with Gasteiger partial charge < -0.3 is 20.4 Å². The first kappa shape index (κ1) is 24.4. The fraction of sp³-hybridized carbons (Fsp3) is 0.217. The first-order valence-electron chi connectivity index (χ1n) is 9.72. The van der Waals surface area contributed by atoms with Crippen molar-refractivity contribution < 1.29 is 13.6 Å². The second kappa shape index (κ2) is 12.7. The van der Waals surface area contributed by atoms with E-state index in [-0.39, 0.29) is 35.7 Å². The van der Waals surface area contributed by atoms with Gasteiger partial charge in [-0.3, -0.25) is 9.79 Å². The van der Waals surface area contributed by atoms with Gasteiger partial charge in [0.1, 0.15) is 11.6 Å². The number of furan rings is 1. The Bertz CT molecular complexity index is 993. The maximum atomic E-state index is 13.2. The molecule has 0 aliphatic heterocycles. The Hall–Kier alpha value is -2.88. The van der Waals surface area contributed by atoms with Crippen molar-refractivity contribution in [2.45, 2.75) is 19.5 Å². The second-order valence-corrected chi connectivity index (χ2v) is 6.69. The van der Waals surface area contributed by atoms with Gasteiger partial charge in [-0.15, -0.1) is 24.0 Å². The van der Waals surface area contributed by atoms with Crippen LogP contribution in [0.1, 0.15) is 27.2 Å². The molecule has 1 heterocycles. The highest BCUT2D eigenvalue weighted by Crippen LogP contribution is 2.07. The third kappa shape index (κ3) is 8.05. The molecule has 6 nitrogen and oxygen atoms in total. The van der Waals surface area contributed by atoms with Crippen LogP contribution in [0.5, 0.6) is 0 Å². The fourth-order valence-corrected chi connectivity index (χ4v) is 2.93. The van der Waals surface area contributed by atoms with Crippen LogP contribution in [0.3, 0.4) is 0 Å². The number of carbonyl (C=O) groups is 1. The molecule has 0 spiro atoms. The molecule has 3 aromatic rings. The minimum Gasteiger partial charge on any atom is -0.467 e. The minimum atomic E-state index is -0.233. The topological polar surface area (TPSA) is 78.7 Å². The summed E-state index contributed by atoms with van der Waals surface area (Å²) in [4.78, 5) is 16.5. The summed E-state index contributed by atoms with van der Waals surface area (Å²) in [6.07, 6.45) is 2.26. The summed E-state index contributed by atoms with van der Waals surface area (Å²) in [5.74, 6) is 0.947. The van der Waals surface area contributed by atoms with Crippen molar-refractivity contribution in [2.24, 2.45) is 4.99 Å². The molecule has 8 heteroatoms. The molecule has 0 saturated carbocycles. The smallest absolute Gasteiger partial charge is 0.251 e. The van der Waals surface area contributed by atoms with E-state index in [9.17, 15) is 9.18 Å². The van der Waals surface area contributed by atoms with E-state index in [4.69, 9.17) is 4.42 Å². The molecule has 0 atom stereocenters. The summed E-state index contributed by atoms with van der Waals surface area (Å²) in [7, 11) is 1.69. The van der Waals surface area contributed by atoms with Gasteiger partial charge >= 0.3 is 0 Å². The lowest BCUT2D eigenvalue weighted by atomic mass is 10.1. The lowest BCUT2D eigenvalue weighted by Gasteiger charge is -2.12. The highest BCUT2D eigenvalue weighted by Gasteiger charge is 2.07. The van der Waals surface area contributed by atoms with E-state index in [1.54, 1.807) is 31.5 Å². The molecule has 0 aliphatic carbocycles. The van der Waals surface area contributed by atoms with Crippen LogP contribution in [-0.2, 0) is 19.5 Å². The van der Waals surface area contributed by atoms with E-state index in [1.165, 1.54) is 12.1 Å². The molecular weight excluding hydrogens is 510 g/mol. The van der Waals surface area contributed by atoms with Crippen LogP contribution in [0.2, 0.25) is 0 Å². The summed E-state index contributed by atoms with van der Waals surface area (Å²) in [5, 5.41) is 9.27. The summed E-state index contributed by atoms with van der Waals surface area (Å²) < 4.78 is 18.5. The SMILES string of the molecule is CN=C(NCCc1cccc(F)c1)NCc1cccc(C(=O)NCc2ccco2)c1.I. The van der Waals surface area contributed by atoms with Crippen molar-refractivity contribution in [1.82, 2.24) is 16.0 Å². The molecule has 0 bridgehead atoms. The number of halogens is 2. The highest BCUT2D eigenvalue weighted by atomic mass is 127. The molecule has 1 amide bonds. The summed E-state index contributed by atoms with van der Waals surface area (Å²) in [5.41, 5.74) is 2.45. The average molecular weight is 536 g/mol. The normalized spacial score (nSPS) is 10.8. The average Bonchev–Trinajstić information content (AvgIpc) is 3.28. The molecule has 3 N–H and O–H groups in total. The molecule has 0 aliphatic rings. The third-order valence-corrected chi connectivity index (χ3v) is 4.47. The zero-order valence-corrected chi connectivity index (χ0v) is 19.6. The minimum absolute atomic E-state index is 0. The van der Waals surface area contributed by atoms with Crippen LogP contribution in [-0.4, -0.2) is 25.5 Å². The first-order valence-corrected chi connectivity index (χ1v) is 9.72. The van der Waals surface area contributed by atoms with Crippen LogP contribution in [0.25, 0.3) is 0 Å². The van der Waals surface area contributed by atoms with Crippen LogP contribution in [0.15, 0.2) is 76.3 Å². The molecule has 3 rings (SSSR count). The molecule has 0 saturated heterocycles. The van der Waals surface area contributed by atoms with Gasteiger partial charge in [-0.05, 0) is 53.9 Å². The van der Waals surface area contributed by atoms with E-state index in [0.29, 0.717) is 43.3 Å². The number of hydrogen-bond acceptors (Lipinski definition) is 3. The van der Waals surface area contributed by atoms with Gasteiger partial charge in [-0.1, -0.05) is 24.3 Å². The van der Waals surface area contributed by atoms with Gasteiger partial charge in [-0.2, -0.15) is 0 Å². The summed E-state index contributed by atoms with van der Waals surface area (Å²) in [6.45, 7) is 1.48. The predicted octanol–water partition coefficient (Wildman–Crippen LogP) is 3.87. The largest absolute Gasteiger partial charge is 0.467 e. The van der Waals surface area contributed by atoms with Crippen molar-refractivity contribution in [3.8, 4) is 0 Å². The lowest BCUT2D eigenvalue weighted by Crippen LogP contribution is -2.37. The van der Waals surface area contributed by atoms with Crippen molar-refractivity contribution >= 4 is 35.8 Å². The Kier molecular flexibility index (Phi) is 10.0. The number of amides is 1. The van der Waals surface area contributed by atoms with Gasteiger partial charge in [-0.25, -0.2) is 4.39 Å². The van der Waals surface area contributed by atoms with Crippen LogP contribution < -0.4 is 16.0 Å². The molecule has 2 aromatic carbocycles. The number of guanidine groups is 1. The standard InChI is InChI=1S/C23H25FN4O2.HI/c1-25-23(26-11-10-17-5-3-8-20(24)14-17)28-15-18-6-2-7-19(13-18)22(29)27-16-21-9-4-12-30-21;/h2-9,12-14H,10-11,15-16H2,1H3,(H,27,29)(H2,25,26,28);1H. The lowest BCUT2D eigenvalue weighted by molar-refractivity contribution is 0.0948. The number of nitrogens with zero attached hydrogens (tertiary/aromatic N) is 1. The highest BCUT2D eigenvalue weighted by molar-refractivity contribution is 14.0. The number of nitrogens with one attached hydrogen (secondary N) is 3. The number of hydrogen-bond donors (Lipinski definition) is 3. The van der Waals surface area contributed by atoms with Gasteiger partial charge in [0.2, 0.25) is 0 Å². The Morgan fingerprint density at radius 3 is 2.52 bits per heavy atom. The molecule has 31 heavy (non-hydrogen) atoms. The van der Waals surface area contributed by atoms with E-state index in [0.717, 1.165) is 11.1 Å². The van der Waals surface area contributed by atoms with Crippen LogP contribution in [0.4, 0.5) is 4.39 Å². The quantitative estimate of drug-likeness (QED) is 0.232. The Balaban J connectivity index is 0.00000341. The maximum absolute atomic E-state index is 13.2.